The van der Waals surface area contributed by atoms with Crippen LogP contribution in [0.25, 0.3) is 5.78 Å². The van der Waals surface area contributed by atoms with Gasteiger partial charge < -0.3 is 5.32 Å². The molecule has 1 aliphatic rings. The predicted octanol–water partition coefficient (Wildman–Crippen LogP) is 1.36. The van der Waals surface area contributed by atoms with Gasteiger partial charge in [-0.25, -0.2) is 9.50 Å². The van der Waals surface area contributed by atoms with Gasteiger partial charge in [0.25, 0.3) is 5.78 Å². The number of hydrogen-bond donors (Lipinski definition) is 1. The third-order valence-electron chi connectivity index (χ3n) is 3.86. The number of nitrogens with one attached hydrogen (secondary N) is 1. The molecular weight excluding hydrogens is 254 g/mol. The van der Waals surface area contributed by atoms with E-state index < -0.39 is 0 Å². The van der Waals surface area contributed by atoms with Gasteiger partial charge in [0.1, 0.15) is 6.33 Å². The van der Waals surface area contributed by atoms with E-state index in [-0.39, 0.29) is 11.8 Å². The zero-order chi connectivity index (χ0) is 13.8. The Balaban J connectivity index is 1.43. The molecule has 1 fully saturated rings. The van der Waals surface area contributed by atoms with Crippen molar-refractivity contribution in [2.75, 3.05) is 6.54 Å². The van der Waals surface area contributed by atoms with Gasteiger partial charge in [-0.05, 0) is 31.2 Å². The summed E-state index contributed by atoms with van der Waals surface area (Å²) in [4.78, 5) is 20.1. The van der Waals surface area contributed by atoms with Gasteiger partial charge in [0.15, 0.2) is 0 Å². The van der Waals surface area contributed by atoms with E-state index in [0.717, 1.165) is 37.8 Å². The first-order valence-corrected chi connectivity index (χ1v) is 7.25. The monoisotopic (exact) mass is 273 g/mol. The minimum atomic E-state index is 0.229. The van der Waals surface area contributed by atoms with Crippen molar-refractivity contribution in [3.8, 4) is 0 Å². The molecule has 1 amide bonds. The average molecular weight is 273 g/mol. The molecule has 0 radical (unpaired) electrons. The largest absolute Gasteiger partial charge is 0.356 e. The molecule has 0 aromatic carbocycles. The highest BCUT2D eigenvalue weighted by Crippen LogP contribution is 2.24. The van der Waals surface area contributed by atoms with Crippen LogP contribution in [0.5, 0.6) is 0 Å². The molecular formula is C14H19N5O. The molecule has 2 heterocycles. The average Bonchev–Trinajstić information content (AvgIpc) is 3.13. The molecule has 6 heteroatoms. The Morgan fingerprint density at radius 3 is 3.05 bits per heavy atom. The number of nitrogens with zero attached hydrogens (tertiary/aromatic N) is 4. The Morgan fingerprint density at radius 2 is 2.20 bits per heavy atom. The highest BCUT2D eigenvalue weighted by Gasteiger charge is 2.21. The summed E-state index contributed by atoms with van der Waals surface area (Å²) in [5, 5.41) is 7.09. The van der Waals surface area contributed by atoms with Crippen LogP contribution in [0.2, 0.25) is 0 Å². The summed E-state index contributed by atoms with van der Waals surface area (Å²) in [5.41, 5.74) is 1.11. The summed E-state index contributed by atoms with van der Waals surface area (Å²) >= 11 is 0. The number of aromatic nitrogens is 4. The fourth-order valence-electron chi connectivity index (χ4n) is 2.72. The minimum Gasteiger partial charge on any atom is -0.356 e. The van der Waals surface area contributed by atoms with Crippen LogP contribution in [0.3, 0.4) is 0 Å². The molecule has 0 saturated heterocycles. The number of hydrogen-bond acceptors (Lipinski definition) is 4. The summed E-state index contributed by atoms with van der Waals surface area (Å²) in [6.07, 6.45) is 11.6. The zero-order valence-corrected chi connectivity index (χ0v) is 11.5. The van der Waals surface area contributed by atoms with E-state index in [0.29, 0.717) is 5.78 Å². The van der Waals surface area contributed by atoms with E-state index in [1.807, 2.05) is 12.4 Å². The number of carbonyl (C=O) groups is 1. The van der Waals surface area contributed by atoms with E-state index in [4.69, 9.17) is 0 Å². The van der Waals surface area contributed by atoms with E-state index >= 15 is 0 Å². The number of fused-ring (bicyclic) bond motifs is 1. The van der Waals surface area contributed by atoms with E-state index in [9.17, 15) is 4.79 Å². The Morgan fingerprint density at radius 1 is 1.35 bits per heavy atom. The van der Waals surface area contributed by atoms with Crippen molar-refractivity contribution < 1.29 is 4.79 Å². The van der Waals surface area contributed by atoms with Gasteiger partial charge in [-0.2, -0.15) is 10.1 Å². The van der Waals surface area contributed by atoms with Gasteiger partial charge >= 0.3 is 0 Å². The fourth-order valence-corrected chi connectivity index (χ4v) is 2.72. The second kappa shape index (κ2) is 5.98. The summed E-state index contributed by atoms with van der Waals surface area (Å²) in [5.74, 6) is 1.10. The van der Waals surface area contributed by atoms with Crippen molar-refractivity contribution >= 4 is 11.7 Å². The summed E-state index contributed by atoms with van der Waals surface area (Å²) in [6, 6.07) is 0. The van der Waals surface area contributed by atoms with Crippen LogP contribution < -0.4 is 5.32 Å². The second-order valence-electron chi connectivity index (χ2n) is 5.34. The Labute approximate surface area is 117 Å². The van der Waals surface area contributed by atoms with Crippen LogP contribution in [-0.2, 0) is 11.2 Å². The number of aryl methyl sites for hydroxylation is 1. The Bertz CT molecular complexity index is 588. The molecule has 0 atom stereocenters. The van der Waals surface area contributed by atoms with Gasteiger partial charge in [0.2, 0.25) is 5.91 Å². The Hall–Kier alpha value is -1.98. The van der Waals surface area contributed by atoms with Crippen molar-refractivity contribution in [3.05, 3.63) is 24.3 Å². The van der Waals surface area contributed by atoms with Crippen molar-refractivity contribution in [1.82, 2.24) is 24.9 Å². The molecule has 0 unspecified atom stereocenters. The van der Waals surface area contributed by atoms with Gasteiger partial charge in [-0.3, -0.25) is 4.79 Å². The lowest BCUT2D eigenvalue weighted by atomic mass is 10.1. The zero-order valence-electron chi connectivity index (χ0n) is 11.5. The second-order valence-corrected chi connectivity index (χ2v) is 5.34. The first-order chi connectivity index (χ1) is 9.83. The molecule has 2 aromatic heterocycles. The number of rotatable bonds is 5. The molecule has 0 spiro atoms. The molecule has 1 N–H and O–H groups in total. The highest BCUT2D eigenvalue weighted by atomic mass is 16.1. The van der Waals surface area contributed by atoms with E-state index in [1.165, 1.54) is 19.2 Å². The molecule has 0 bridgehead atoms. The highest BCUT2D eigenvalue weighted by molar-refractivity contribution is 5.78. The van der Waals surface area contributed by atoms with Gasteiger partial charge in [-0.1, -0.05) is 12.8 Å². The summed E-state index contributed by atoms with van der Waals surface area (Å²) < 4.78 is 1.67. The molecule has 3 rings (SSSR count). The van der Waals surface area contributed by atoms with Crippen LogP contribution in [0.4, 0.5) is 0 Å². The first-order valence-electron chi connectivity index (χ1n) is 7.25. The van der Waals surface area contributed by atoms with E-state index in [1.54, 1.807) is 4.52 Å². The molecule has 1 saturated carbocycles. The minimum absolute atomic E-state index is 0.229. The maximum atomic E-state index is 11.9. The van der Waals surface area contributed by atoms with Gasteiger partial charge in [0.05, 0.1) is 0 Å². The number of carbonyl (C=O) groups excluding carboxylic acids is 1. The normalized spacial score (nSPS) is 15.8. The smallest absolute Gasteiger partial charge is 0.252 e. The molecule has 2 aromatic rings. The van der Waals surface area contributed by atoms with Crippen LogP contribution in [-0.4, -0.2) is 32.0 Å². The number of amides is 1. The summed E-state index contributed by atoms with van der Waals surface area (Å²) in [6.45, 7) is 0.727. The fraction of sp³-hybridized carbons (Fsp3) is 0.571. The molecule has 6 nitrogen and oxygen atoms in total. The standard InChI is InChI=1S/C14H19N5O/c20-13(12-5-1-2-6-12)15-7-3-4-11-8-16-14-17-10-18-19(14)9-11/h8-10,12H,1-7H2,(H,15,20). The van der Waals surface area contributed by atoms with E-state index in [2.05, 4.69) is 20.4 Å². The molecule has 1 aliphatic carbocycles. The van der Waals surface area contributed by atoms with Crippen molar-refractivity contribution in [2.24, 2.45) is 5.92 Å². The Kier molecular flexibility index (Phi) is 3.90. The van der Waals surface area contributed by atoms with Crippen LogP contribution in [0.15, 0.2) is 18.7 Å². The maximum Gasteiger partial charge on any atom is 0.252 e. The lowest BCUT2D eigenvalue weighted by Gasteiger charge is -2.10. The topological polar surface area (TPSA) is 72.2 Å². The maximum absolute atomic E-state index is 11.9. The predicted molar refractivity (Wildman–Crippen MR) is 74.1 cm³/mol. The van der Waals surface area contributed by atoms with Gasteiger partial charge in [-0.15, -0.1) is 0 Å². The third kappa shape index (κ3) is 2.95. The lowest BCUT2D eigenvalue weighted by molar-refractivity contribution is -0.124. The lowest BCUT2D eigenvalue weighted by Crippen LogP contribution is -2.30. The molecule has 106 valence electrons. The summed E-state index contributed by atoms with van der Waals surface area (Å²) in [7, 11) is 0. The van der Waals surface area contributed by atoms with Crippen LogP contribution in [0, 0.1) is 5.92 Å². The van der Waals surface area contributed by atoms with Crippen molar-refractivity contribution in [1.29, 1.82) is 0 Å². The van der Waals surface area contributed by atoms with Crippen LogP contribution in [0.1, 0.15) is 37.7 Å². The third-order valence-corrected chi connectivity index (χ3v) is 3.86. The van der Waals surface area contributed by atoms with Crippen LogP contribution >= 0.6 is 0 Å². The first kappa shape index (κ1) is 13.0. The van der Waals surface area contributed by atoms with Crippen molar-refractivity contribution in [2.45, 2.75) is 38.5 Å². The van der Waals surface area contributed by atoms with Crippen molar-refractivity contribution in [3.63, 3.8) is 0 Å². The quantitative estimate of drug-likeness (QED) is 0.835. The molecule has 0 aliphatic heterocycles. The molecule has 20 heavy (non-hydrogen) atoms. The van der Waals surface area contributed by atoms with Gasteiger partial charge in [0, 0.05) is 24.9 Å². The SMILES string of the molecule is O=C(NCCCc1cnc2ncnn2c1)C1CCCC1.